The summed E-state index contributed by atoms with van der Waals surface area (Å²) >= 11 is 0. The van der Waals surface area contributed by atoms with E-state index in [0.717, 1.165) is 11.1 Å². The number of amides is 1. The van der Waals surface area contributed by atoms with Crippen molar-refractivity contribution in [3.8, 4) is 11.1 Å². The molecule has 4 heteroatoms. The van der Waals surface area contributed by atoms with Crippen LogP contribution >= 0.6 is 0 Å². The number of carbonyl (C=O) groups is 1. The Morgan fingerprint density at radius 3 is 2.37 bits per heavy atom. The molecular weight excluding hydrogens is 245 g/mol. The average molecular weight is 259 g/mol. The van der Waals surface area contributed by atoms with Crippen LogP contribution in [0.15, 0.2) is 48.5 Å². The van der Waals surface area contributed by atoms with Gasteiger partial charge in [0.1, 0.15) is 5.82 Å². The van der Waals surface area contributed by atoms with Crippen molar-refractivity contribution in [1.29, 1.82) is 0 Å². The first-order valence-electron chi connectivity index (χ1n) is 5.80. The van der Waals surface area contributed by atoms with E-state index in [9.17, 15) is 9.18 Å². The molecule has 0 saturated heterocycles. The molecule has 2 N–H and O–H groups in total. The highest BCUT2D eigenvalue weighted by molar-refractivity contribution is 5.84. The largest absolute Gasteiger partial charge is 0.367 e. The number of halogens is 1. The molecule has 98 valence electrons. The summed E-state index contributed by atoms with van der Waals surface area (Å²) in [6.45, 7) is 0. The third kappa shape index (κ3) is 2.80. The molecule has 0 spiro atoms. The predicted molar refractivity (Wildman–Crippen MR) is 70.8 cm³/mol. The average Bonchev–Trinajstić information content (AvgIpc) is 2.41. The van der Waals surface area contributed by atoms with E-state index < -0.39 is 12.0 Å². The van der Waals surface area contributed by atoms with Crippen LogP contribution in [-0.2, 0) is 9.53 Å². The van der Waals surface area contributed by atoms with E-state index in [-0.39, 0.29) is 5.82 Å². The molecule has 0 heterocycles. The Kier molecular flexibility index (Phi) is 3.92. The highest BCUT2D eigenvalue weighted by Gasteiger charge is 2.20. The van der Waals surface area contributed by atoms with Gasteiger partial charge in [-0.2, -0.15) is 0 Å². The zero-order chi connectivity index (χ0) is 13.8. The van der Waals surface area contributed by atoms with Gasteiger partial charge in [-0.3, -0.25) is 4.79 Å². The molecule has 0 aromatic heterocycles. The lowest BCUT2D eigenvalue weighted by Gasteiger charge is -2.16. The van der Waals surface area contributed by atoms with Gasteiger partial charge in [0, 0.05) is 7.11 Å². The molecule has 0 fully saturated rings. The fraction of sp³-hybridized carbons (Fsp3) is 0.133. The lowest BCUT2D eigenvalue weighted by atomic mass is 9.96. The van der Waals surface area contributed by atoms with E-state index in [4.69, 9.17) is 10.5 Å². The fourth-order valence-corrected chi connectivity index (χ4v) is 2.01. The Labute approximate surface area is 110 Å². The molecule has 2 rings (SSSR count). The summed E-state index contributed by atoms with van der Waals surface area (Å²) in [7, 11) is 1.43. The van der Waals surface area contributed by atoms with Crippen molar-refractivity contribution in [3.63, 3.8) is 0 Å². The molecule has 3 nitrogen and oxygen atoms in total. The van der Waals surface area contributed by atoms with E-state index in [0.29, 0.717) is 5.56 Å². The first-order chi connectivity index (χ1) is 9.13. The number of methoxy groups -OCH3 is 1. The highest BCUT2D eigenvalue weighted by Crippen LogP contribution is 2.29. The van der Waals surface area contributed by atoms with Gasteiger partial charge in [-0.05, 0) is 28.8 Å². The van der Waals surface area contributed by atoms with Gasteiger partial charge < -0.3 is 10.5 Å². The van der Waals surface area contributed by atoms with Crippen molar-refractivity contribution >= 4 is 5.91 Å². The van der Waals surface area contributed by atoms with Crippen LogP contribution in [0.5, 0.6) is 0 Å². The van der Waals surface area contributed by atoms with Gasteiger partial charge in [0.2, 0.25) is 0 Å². The number of primary amides is 1. The number of hydrogen-bond donors (Lipinski definition) is 1. The molecule has 0 bridgehead atoms. The van der Waals surface area contributed by atoms with E-state index in [1.165, 1.54) is 19.2 Å². The van der Waals surface area contributed by atoms with Crippen molar-refractivity contribution in [2.75, 3.05) is 7.11 Å². The highest BCUT2D eigenvalue weighted by atomic mass is 19.1. The Bertz CT molecular complexity index is 581. The summed E-state index contributed by atoms with van der Waals surface area (Å²) in [5.74, 6) is -0.864. The van der Waals surface area contributed by atoms with Crippen LogP contribution in [0, 0.1) is 5.82 Å². The fourth-order valence-electron chi connectivity index (χ4n) is 2.01. The first-order valence-corrected chi connectivity index (χ1v) is 5.80. The van der Waals surface area contributed by atoms with Gasteiger partial charge in [-0.15, -0.1) is 0 Å². The lowest BCUT2D eigenvalue weighted by molar-refractivity contribution is -0.128. The second kappa shape index (κ2) is 5.63. The molecule has 19 heavy (non-hydrogen) atoms. The van der Waals surface area contributed by atoms with Crippen molar-refractivity contribution in [2.45, 2.75) is 6.10 Å². The van der Waals surface area contributed by atoms with Crippen LogP contribution in [0.2, 0.25) is 0 Å². The maximum atomic E-state index is 13.0. The summed E-state index contributed by atoms with van der Waals surface area (Å²) in [6.07, 6.45) is -0.818. The monoisotopic (exact) mass is 259 g/mol. The Balaban J connectivity index is 2.52. The molecule has 0 aliphatic carbocycles. The molecule has 1 amide bonds. The smallest absolute Gasteiger partial charge is 0.251 e. The van der Waals surface area contributed by atoms with Gasteiger partial charge in [0.05, 0.1) is 0 Å². The maximum absolute atomic E-state index is 13.0. The summed E-state index contributed by atoms with van der Waals surface area (Å²) in [4.78, 5) is 11.4. The summed E-state index contributed by atoms with van der Waals surface area (Å²) in [6, 6.07) is 13.3. The minimum atomic E-state index is -0.818. The Morgan fingerprint density at radius 2 is 1.79 bits per heavy atom. The minimum Gasteiger partial charge on any atom is -0.367 e. The van der Waals surface area contributed by atoms with E-state index >= 15 is 0 Å². The molecule has 0 aliphatic rings. The molecule has 0 radical (unpaired) electrons. The third-order valence-electron chi connectivity index (χ3n) is 2.89. The van der Waals surface area contributed by atoms with Crippen LogP contribution in [-0.4, -0.2) is 13.0 Å². The van der Waals surface area contributed by atoms with E-state index in [2.05, 4.69) is 0 Å². The molecule has 0 saturated carbocycles. The number of hydrogen-bond acceptors (Lipinski definition) is 2. The van der Waals surface area contributed by atoms with Crippen LogP contribution in [0.1, 0.15) is 11.7 Å². The number of ether oxygens (including phenoxy) is 1. The van der Waals surface area contributed by atoms with Crippen molar-refractivity contribution < 1.29 is 13.9 Å². The normalized spacial score (nSPS) is 12.1. The van der Waals surface area contributed by atoms with Gasteiger partial charge in [0.15, 0.2) is 6.10 Å². The summed E-state index contributed by atoms with van der Waals surface area (Å²) < 4.78 is 18.1. The predicted octanol–water partition coefficient (Wildman–Crippen LogP) is 2.67. The van der Waals surface area contributed by atoms with Crippen LogP contribution in [0.3, 0.4) is 0 Å². The number of nitrogens with two attached hydrogens (primary N) is 1. The standard InChI is InChI=1S/C15H14FNO2/c1-19-14(15(17)18)13-5-3-2-4-12(13)10-6-8-11(16)9-7-10/h2-9,14H,1H3,(H2,17,18). The zero-order valence-electron chi connectivity index (χ0n) is 10.5. The third-order valence-corrected chi connectivity index (χ3v) is 2.89. The van der Waals surface area contributed by atoms with Crippen LogP contribution in [0.4, 0.5) is 4.39 Å². The SMILES string of the molecule is COC(C(N)=O)c1ccccc1-c1ccc(F)cc1. The molecular formula is C15H14FNO2. The topological polar surface area (TPSA) is 52.3 Å². The maximum Gasteiger partial charge on any atom is 0.251 e. The van der Waals surface area contributed by atoms with Crippen LogP contribution < -0.4 is 5.73 Å². The van der Waals surface area contributed by atoms with Crippen LogP contribution in [0.25, 0.3) is 11.1 Å². The van der Waals surface area contributed by atoms with Crippen molar-refractivity contribution in [2.24, 2.45) is 5.73 Å². The Morgan fingerprint density at radius 1 is 1.16 bits per heavy atom. The molecule has 0 aliphatic heterocycles. The summed E-state index contributed by atoms with van der Waals surface area (Å²) in [5.41, 5.74) is 7.60. The Hall–Kier alpha value is -2.20. The van der Waals surface area contributed by atoms with Gasteiger partial charge in [-0.25, -0.2) is 4.39 Å². The molecule has 2 aromatic rings. The molecule has 1 atom stereocenters. The van der Waals surface area contributed by atoms with Gasteiger partial charge in [0.25, 0.3) is 5.91 Å². The van der Waals surface area contributed by atoms with Gasteiger partial charge in [-0.1, -0.05) is 36.4 Å². The van der Waals surface area contributed by atoms with Crippen molar-refractivity contribution in [3.05, 3.63) is 59.9 Å². The number of benzene rings is 2. The number of carbonyl (C=O) groups excluding carboxylic acids is 1. The first kappa shape index (κ1) is 13.2. The van der Waals surface area contributed by atoms with Gasteiger partial charge >= 0.3 is 0 Å². The van der Waals surface area contributed by atoms with E-state index in [1.54, 1.807) is 24.3 Å². The zero-order valence-corrected chi connectivity index (χ0v) is 10.5. The molecule has 2 aromatic carbocycles. The van der Waals surface area contributed by atoms with E-state index in [1.807, 2.05) is 12.1 Å². The quantitative estimate of drug-likeness (QED) is 0.917. The second-order valence-corrected chi connectivity index (χ2v) is 4.11. The molecule has 1 unspecified atom stereocenters. The number of rotatable bonds is 4. The second-order valence-electron chi connectivity index (χ2n) is 4.11. The van der Waals surface area contributed by atoms with Crippen molar-refractivity contribution in [1.82, 2.24) is 0 Å². The lowest BCUT2D eigenvalue weighted by Crippen LogP contribution is -2.23. The minimum absolute atomic E-state index is 0.306. The summed E-state index contributed by atoms with van der Waals surface area (Å²) in [5, 5.41) is 0.